The lowest BCUT2D eigenvalue weighted by atomic mass is 10.1. The van der Waals surface area contributed by atoms with E-state index in [0.29, 0.717) is 22.6 Å². The molecule has 0 fully saturated rings. The van der Waals surface area contributed by atoms with Gasteiger partial charge in [0.2, 0.25) is 0 Å². The molecular weight excluding hydrogens is 454 g/mol. The van der Waals surface area contributed by atoms with E-state index in [1.165, 1.54) is 13.2 Å². The molecule has 4 rings (SSSR count). The van der Waals surface area contributed by atoms with Crippen LogP contribution in [0.25, 0.3) is 16.8 Å². The molecule has 0 saturated carbocycles. The first-order chi connectivity index (χ1) is 17.6. The summed E-state index contributed by atoms with van der Waals surface area (Å²) in [5.74, 6) is 0.0621. The minimum atomic E-state index is -0.589. The maximum atomic E-state index is 13.1. The van der Waals surface area contributed by atoms with Crippen LogP contribution >= 0.6 is 0 Å². The summed E-state index contributed by atoms with van der Waals surface area (Å²) in [5.41, 5.74) is 4.36. The van der Waals surface area contributed by atoms with E-state index in [2.05, 4.69) is 15.8 Å². The van der Waals surface area contributed by atoms with Crippen molar-refractivity contribution in [2.75, 3.05) is 14.2 Å². The van der Waals surface area contributed by atoms with E-state index < -0.39 is 11.8 Å². The molecule has 0 aliphatic carbocycles. The van der Waals surface area contributed by atoms with Gasteiger partial charge < -0.3 is 14.8 Å². The molecule has 0 saturated heterocycles. The van der Waals surface area contributed by atoms with E-state index in [9.17, 15) is 9.59 Å². The van der Waals surface area contributed by atoms with Gasteiger partial charge in [-0.1, -0.05) is 60.7 Å². The highest BCUT2D eigenvalue weighted by Gasteiger charge is 2.16. The van der Waals surface area contributed by atoms with Gasteiger partial charge in [0.1, 0.15) is 17.2 Å². The smallest absolute Gasteiger partial charge is 0.287 e. The first-order valence-corrected chi connectivity index (χ1v) is 11.2. The summed E-state index contributed by atoms with van der Waals surface area (Å²) in [6.45, 7) is 0. The largest absolute Gasteiger partial charge is 0.497 e. The minimum Gasteiger partial charge on any atom is -0.497 e. The van der Waals surface area contributed by atoms with Crippen LogP contribution in [0.5, 0.6) is 11.5 Å². The summed E-state index contributed by atoms with van der Waals surface area (Å²) in [7, 11) is 3.07. The Morgan fingerprint density at radius 2 is 1.56 bits per heavy atom. The minimum absolute atomic E-state index is 0.00221. The van der Waals surface area contributed by atoms with Gasteiger partial charge in [0.25, 0.3) is 11.8 Å². The second-order valence-electron chi connectivity index (χ2n) is 7.75. The van der Waals surface area contributed by atoms with Gasteiger partial charge in [-0.25, -0.2) is 5.43 Å². The van der Waals surface area contributed by atoms with Gasteiger partial charge in [-0.05, 0) is 41.1 Å². The van der Waals surface area contributed by atoms with Crippen LogP contribution < -0.4 is 20.2 Å². The fraction of sp³-hybridized carbons (Fsp3) is 0.0690. The van der Waals surface area contributed by atoms with E-state index in [1.807, 2.05) is 48.5 Å². The Labute approximate surface area is 209 Å². The summed E-state index contributed by atoms with van der Waals surface area (Å²) >= 11 is 0. The fourth-order valence-corrected chi connectivity index (χ4v) is 3.62. The van der Waals surface area contributed by atoms with Crippen LogP contribution in [0.2, 0.25) is 0 Å². The van der Waals surface area contributed by atoms with Crippen LogP contribution in [0, 0.1) is 0 Å². The molecule has 0 unspecified atom stereocenters. The van der Waals surface area contributed by atoms with Crippen LogP contribution in [-0.2, 0) is 4.79 Å². The molecule has 0 spiro atoms. The number of rotatable bonds is 8. The van der Waals surface area contributed by atoms with Crippen molar-refractivity contribution in [1.82, 2.24) is 10.7 Å². The molecule has 0 aliphatic rings. The van der Waals surface area contributed by atoms with Crippen LogP contribution in [0.15, 0.2) is 102 Å². The summed E-state index contributed by atoms with van der Waals surface area (Å²) in [4.78, 5) is 25.9. The Hall–Kier alpha value is -4.91. The average Bonchev–Trinajstić information content (AvgIpc) is 2.93. The van der Waals surface area contributed by atoms with Gasteiger partial charge in [0.15, 0.2) is 0 Å². The number of methoxy groups -OCH3 is 2. The van der Waals surface area contributed by atoms with E-state index in [1.54, 1.807) is 55.8 Å². The lowest BCUT2D eigenvalue weighted by molar-refractivity contribution is -0.117. The zero-order valence-electron chi connectivity index (χ0n) is 19.9. The zero-order valence-corrected chi connectivity index (χ0v) is 19.9. The summed E-state index contributed by atoms with van der Waals surface area (Å²) in [6, 6.07) is 27.5. The molecule has 0 radical (unpaired) electrons. The highest BCUT2D eigenvalue weighted by atomic mass is 16.5. The Bertz CT molecular complexity index is 1440. The first-order valence-electron chi connectivity index (χ1n) is 11.2. The standard InChI is InChI=1S/C29H25N3O4/c1-35-24-16-15-22(27(18-24)36-2)17-26(31-28(33)21-10-4-3-5-11-21)29(34)32-30-19-23-13-8-12-20-9-6-7-14-25(20)23/h3-19H,1-2H3,(H,31,33)(H,32,34)/b26-17+,30-19?. The topological polar surface area (TPSA) is 89.0 Å². The Balaban J connectivity index is 1.62. The second kappa shape index (κ2) is 11.5. The molecule has 2 amide bonds. The monoisotopic (exact) mass is 479 g/mol. The number of carbonyl (C=O) groups is 2. The quantitative estimate of drug-likeness (QED) is 0.216. The average molecular weight is 480 g/mol. The van der Waals surface area contributed by atoms with Gasteiger partial charge in [-0.3, -0.25) is 9.59 Å². The molecule has 2 N–H and O–H groups in total. The number of hydrazone groups is 1. The van der Waals surface area contributed by atoms with Crippen LogP contribution in [-0.4, -0.2) is 32.2 Å². The maximum Gasteiger partial charge on any atom is 0.287 e. The van der Waals surface area contributed by atoms with Crippen molar-refractivity contribution >= 4 is 34.9 Å². The van der Waals surface area contributed by atoms with Gasteiger partial charge in [0.05, 0.1) is 20.4 Å². The van der Waals surface area contributed by atoms with Gasteiger partial charge in [-0.15, -0.1) is 0 Å². The molecule has 0 bridgehead atoms. The Kier molecular flexibility index (Phi) is 7.73. The van der Waals surface area contributed by atoms with Crippen molar-refractivity contribution in [3.63, 3.8) is 0 Å². The Morgan fingerprint density at radius 3 is 2.33 bits per heavy atom. The number of nitrogens with one attached hydrogen (secondary N) is 2. The third-order valence-corrected chi connectivity index (χ3v) is 5.46. The van der Waals surface area contributed by atoms with Crippen molar-refractivity contribution in [1.29, 1.82) is 0 Å². The molecule has 0 aliphatic heterocycles. The van der Waals surface area contributed by atoms with Crippen molar-refractivity contribution in [3.8, 4) is 11.5 Å². The lowest BCUT2D eigenvalue weighted by Gasteiger charge is -2.11. The number of ether oxygens (including phenoxy) is 2. The number of nitrogens with zero attached hydrogens (tertiary/aromatic N) is 1. The number of amides is 2. The van der Waals surface area contributed by atoms with Gasteiger partial charge in [-0.2, -0.15) is 5.10 Å². The normalized spacial score (nSPS) is 11.3. The number of carbonyl (C=O) groups excluding carboxylic acids is 2. The van der Waals surface area contributed by atoms with Crippen LogP contribution in [0.1, 0.15) is 21.5 Å². The third kappa shape index (κ3) is 5.77. The highest BCUT2D eigenvalue weighted by molar-refractivity contribution is 6.06. The summed E-state index contributed by atoms with van der Waals surface area (Å²) in [6.07, 6.45) is 3.10. The summed E-state index contributed by atoms with van der Waals surface area (Å²) < 4.78 is 10.7. The molecule has 180 valence electrons. The van der Waals surface area contributed by atoms with E-state index in [4.69, 9.17) is 9.47 Å². The van der Waals surface area contributed by atoms with E-state index in [-0.39, 0.29) is 5.70 Å². The maximum absolute atomic E-state index is 13.1. The first kappa shape index (κ1) is 24.2. The van der Waals surface area contributed by atoms with Crippen molar-refractivity contribution in [2.24, 2.45) is 5.10 Å². The number of benzene rings is 4. The van der Waals surface area contributed by atoms with Crippen molar-refractivity contribution in [2.45, 2.75) is 0 Å². The molecule has 7 heteroatoms. The van der Waals surface area contributed by atoms with E-state index >= 15 is 0 Å². The molecule has 0 aromatic heterocycles. The summed E-state index contributed by atoms with van der Waals surface area (Å²) in [5, 5.41) is 8.90. The molecule has 36 heavy (non-hydrogen) atoms. The van der Waals surface area contributed by atoms with Crippen LogP contribution in [0.3, 0.4) is 0 Å². The number of hydrogen-bond donors (Lipinski definition) is 2. The van der Waals surface area contributed by atoms with Crippen molar-refractivity contribution in [3.05, 3.63) is 113 Å². The van der Waals surface area contributed by atoms with E-state index in [0.717, 1.165) is 16.3 Å². The Morgan fingerprint density at radius 1 is 0.806 bits per heavy atom. The molecule has 0 atom stereocenters. The molecule has 4 aromatic carbocycles. The van der Waals surface area contributed by atoms with Gasteiger partial charge in [0, 0.05) is 22.8 Å². The SMILES string of the molecule is COc1ccc(/C=C(/NC(=O)c2ccccc2)C(=O)NN=Cc2cccc3ccccc23)c(OC)c1. The number of fused-ring (bicyclic) bond motifs is 1. The number of hydrogen-bond acceptors (Lipinski definition) is 5. The second-order valence-corrected chi connectivity index (χ2v) is 7.75. The third-order valence-electron chi connectivity index (χ3n) is 5.46. The van der Waals surface area contributed by atoms with Gasteiger partial charge >= 0.3 is 0 Å². The van der Waals surface area contributed by atoms with Crippen LogP contribution in [0.4, 0.5) is 0 Å². The predicted octanol–water partition coefficient (Wildman–Crippen LogP) is 4.78. The predicted molar refractivity (Wildman–Crippen MR) is 141 cm³/mol. The zero-order chi connectivity index (χ0) is 25.3. The fourth-order valence-electron chi connectivity index (χ4n) is 3.62. The molecule has 7 nitrogen and oxygen atoms in total. The molecular formula is C29H25N3O4. The highest BCUT2D eigenvalue weighted by Crippen LogP contribution is 2.26. The molecule has 4 aromatic rings. The van der Waals surface area contributed by atoms with Crippen molar-refractivity contribution < 1.29 is 19.1 Å². The lowest BCUT2D eigenvalue weighted by Crippen LogP contribution is -2.32. The molecule has 0 heterocycles.